The number of nitro benzene ring substituents is 2. The minimum Gasteiger partial charge on any atom is -0.272 e. The molecule has 4 fully saturated rings. The Labute approximate surface area is 144 Å². The van der Waals surface area contributed by atoms with Crippen LogP contribution in [0.5, 0.6) is 0 Å². The summed E-state index contributed by atoms with van der Waals surface area (Å²) in [6.07, 6.45) is 9.45. The molecule has 0 saturated heterocycles. The van der Waals surface area contributed by atoms with Gasteiger partial charge < -0.3 is 0 Å². The highest BCUT2D eigenvalue weighted by Gasteiger charge is 2.50. The van der Waals surface area contributed by atoms with Crippen LogP contribution in [0.3, 0.4) is 0 Å². The molecule has 4 aliphatic carbocycles. The molecule has 0 heterocycles. The van der Waals surface area contributed by atoms with Crippen LogP contribution < -0.4 is 5.43 Å². The highest BCUT2D eigenvalue weighted by Crippen LogP contribution is 2.59. The summed E-state index contributed by atoms with van der Waals surface area (Å²) < 4.78 is 0. The van der Waals surface area contributed by atoms with E-state index in [0.717, 1.165) is 43.1 Å². The fourth-order valence-electron chi connectivity index (χ4n) is 5.45. The molecule has 0 radical (unpaired) electrons. The average molecular weight is 344 g/mol. The molecule has 5 rings (SSSR count). The lowest BCUT2D eigenvalue weighted by atomic mass is 9.50. The molecule has 25 heavy (non-hydrogen) atoms. The van der Waals surface area contributed by atoms with Gasteiger partial charge in [-0.1, -0.05) is 0 Å². The highest BCUT2D eigenvalue weighted by molar-refractivity contribution is 5.70. The summed E-state index contributed by atoms with van der Waals surface area (Å²) in [5.74, 6) is 2.39. The molecular formula is C17H20N4O4. The molecule has 0 unspecified atom stereocenters. The van der Waals surface area contributed by atoms with Crippen molar-refractivity contribution in [3.63, 3.8) is 0 Å². The third kappa shape index (κ3) is 2.96. The van der Waals surface area contributed by atoms with Gasteiger partial charge in [-0.2, -0.15) is 5.10 Å². The van der Waals surface area contributed by atoms with Gasteiger partial charge in [0.1, 0.15) is 5.69 Å². The standard InChI is InChI=1S/C17H20N4O4/c22-20(23)14-1-2-15(16(6-14)21(24)25)19-18-10-17-7-11-3-12(8-17)5-13(4-11)9-17/h1-2,6,10-13,19H,3-5,7-9H2. The number of hydrogen-bond acceptors (Lipinski definition) is 6. The molecule has 1 aromatic rings. The first-order valence-electron chi connectivity index (χ1n) is 8.67. The minimum absolute atomic E-state index is 0.122. The molecular weight excluding hydrogens is 324 g/mol. The zero-order chi connectivity index (χ0) is 17.6. The van der Waals surface area contributed by atoms with Crippen molar-refractivity contribution in [2.75, 3.05) is 5.43 Å². The van der Waals surface area contributed by atoms with Crippen molar-refractivity contribution < 1.29 is 9.85 Å². The van der Waals surface area contributed by atoms with Gasteiger partial charge in [-0.25, -0.2) is 0 Å². The van der Waals surface area contributed by atoms with Crippen LogP contribution in [0.2, 0.25) is 0 Å². The summed E-state index contributed by atoms with van der Waals surface area (Å²) in [5, 5.41) is 26.3. The van der Waals surface area contributed by atoms with Crippen molar-refractivity contribution in [3.8, 4) is 0 Å². The Morgan fingerprint density at radius 2 is 1.64 bits per heavy atom. The Kier molecular flexibility index (Phi) is 3.70. The van der Waals surface area contributed by atoms with Crippen LogP contribution in [0.25, 0.3) is 0 Å². The van der Waals surface area contributed by atoms with Gasteiger partial charge in [0.15, 0.2) is 0 Å². The third-order valence-corrected chi connectivity index (χ3v) is 6.00. The number of nitro groups is 2. The maximum atomic E-state index is 11.2. The second kappa shape index (κ2) is 5.79. The number of nitrogens with one attached hydrogen (secondary N) is 1. The molecule has 0 atom stereocenters. The fraction of sp³-hybridized carbons (Fsp3) is 0.588. The molecule has 1 N–H and O–H groups in total. The van der Waals surface area contributed by atoms with Crippen molar-refractivity contribution in [2.45, 2.75) is 38.5 Å². The predicted molar refractivity (Wildman–Crippen MR) is 92.5 cm³/mol. The summed E-state index contributed by atoms with van der Waals surface area (Å²) >= 11 is 0. The van der Waals surface area contributed by atoms with Crippen LogP contribution in [0, 0.1) is 43.4 Å². The lowest BCUT2D eigenvalue weighted by Gasteiger charge is -2.55. The quantitative estimate of drug-likeness (QED) is 0.491. The predicted octanol–water partition coefficient (Wildman–Crippen LogP) is 4.12. The van der Waals surface area contributed by atoms with Crippen LogP contribution in [0.4, 0.5) is 17.1 Å². The molecule has 0 amide bonds. The molecule has 0 spiro atoms. The van der Waals surface area contributed by atoms with Crippen LogP contribution in [-0.4, -0.2) is 16.1 Å². The van der Waals surface area contributed by atoms with Gasteiger partial charge in [-0.3, -0.25) is 25.7 Å². The molecule has 4 saturated carbocycles. The number of hydrazone groups is 1. The summed E-state index contributed by atoms with van der Waals surface area (Å²) in [4.78, 5) is 20.7. The second-order valence-electron chi connectivity index (χ2n) is 7.87. The lowest BCUT2D eigenvalue weighted by molar-refractivity contribution is -0.393. The van der Waals surface area contributed by atoms with E-state index >= 15 is 0 Å². The Hall–Kier alpha value is -2.51. The smallest absolute Gasteiger partial charge is 0.272 e. The van der Waals surface area contributed by atoms with Crippen molar-refractivity contribution in [2.24, 2.45) is 28.3 Å². The Bertz CT molecular complexity index is 726. The zero-order valence-electron chi connectivity index (χ0n) is 13.8. The topological polar surface area (TPSA) is 111 Å². The first-order chi connectivity index (χ1) is 11.9. The van der Waals surface area contributed by atoms with E-state index in [0.29, 0.717) is 0 Å². The number of benzene rings is 1. The van der Waals surface area contributed by atoms with Crippen molar-refractivity contribution in [1.29, 1.82) is 0 Å². The van der Waals surface area contributed by atoms with Crippen LogP contribution in [-0.2, 0) is 0 Å². The largest absolute Gasteiger partial charge is 0.301 e. The van der Waals surface area contributed by atoms with Gasteiger partial charge >= 0.3 is 5.69 Å². The van der Waals surface area contributed by atoms with Gasteiger partial charge in [-0.15, -0.1) is 0 Å². The third-order valence-electron chi connectivity index (χ3n) is 6.00. The van der Waals surface area contributed by atoms with E-state index in [1.807, 2.05) is 6.21 Å². The monoisotopic (exact) mass is 344 g/mol. The zero-order valence-corrected chi connectivity index (χ0v) is 13.8. The van der Waals surface area contributed by atoms with E-state index in [1.165, 1.54) is 31.4 Å². The first kappa shape index (κ1) is 16.0. The summed E-state index contributed by atoms with van der Waals surface area (Å²) in [7, 11) is 0. The van der Waals surface area contributed by atoms with Crippen molar-refractivity contribution in [3.05, 3.63) is 38.4 Å². The first-order valence-corrected chi connectivity index (χ1v) is 8.67. The van der Waals surface area contributed by atoms with Gasteiger partial charge in [0.2, 0.25) is 0 Å². The molecule has 8 nitrogen and oxygen atoms in total. The van der Waals surface area contributed by atoms with Gasteiger partial charge in [-0.05, 0) is 62.3 Å². The number of hydrogen-bond donors (Lipinski definition) is 1. The fourth-order valence-corrected chi connectivity index (χ4v) is 5.45. The second-order valence-corrected chi connectivity index (χ2v) is 7.87. The van der Waals surface area contributed by atoms with Crippen molar-refractivity contribution in [1.82, 2.24) is 0 Å². The van der Waals surface area contributed by atoms with E-state index < -0.39 is 9.85 Å². The van der Waals surface area contributed by atoms with Gasteiger partial charge in [0.25, 0.3) is 5.69 Å². The van der Waals surface area contributed by atoms with E-state index in [4.69, 9.17) is 0 Å². The molecule has 0 aliphatic heterocycles. The highest BCUT2D eigenvalue weighted by atomic mass is 16.6. The van der Waals surface area contributed by atoms with E-state index in [9.17, 15) is 20.2 Å². The lowest BCUT2D eigenvalue weighted by Crippen LogP contribution is -2.46. The van der Waals surface area contributed by atoms with E-state index in [2.05, 4.69) is 10.5 Å². The molecule has 0 aromatic heterocycles. The van der Waals surface area contributed by atoms with Gasteiger partial charge in [0.05, 0.1) is 15.9 Å². The van der Waals surface area contributed by atoms with Crippen LogP contribution >= 0.6 is 0 Å². The van der Waals surface area contributed by atoms with Crippen LogP contribution in [0.1, 0.15) is 38.5 Å². The maximum absolute atomic E-state index is 11.2. The Morgan fingerprint density at radius 1 is 1.04 bits per heavy atom. The maximum Gasteiger partial charge on any atom is 0.301 e. The number of rotatable bonds is 5. The van der Waals surface area contributed by atoms with Crippen molar-refractivity contribution >= 4 is 23.3 Å². The molecule has 4 bridgehead atoms. The normalized spacial score (nSPS) is 32.9. The Balaban J connectivity index is 1.52. The van der Waals surface area contributed by atoms with Gasteiger partial charge in [0, 0.05) is 17.7 Å². The Morgan fingerprint density at radius 3 is 2.16 bits per heavy atom. The number of non-ortho nitro benzene ring substituents is 1. The average Bonchev–Trinajstić information content (AvgIpc) is 2.53. The molecule has 4 aliphatic rings. The molecule has 8 heteroatoms. The van der Waals surface area contributed by atoms with E-state index in [1.54, 1.807) is 0 Å². The summed E-state index contributed by atoms with van der Waals surface area (Å²) in [5.41, 5.74) is 2.40. The summed E-state index contributed by atoms with van der Waals surface area (Å²) in [6.45, 7) is 0. The molecule has 1 aromatic carbocycles. The van der Waals surface area contributed by atoms with E-state index in [-0.39, 0.29) is 22.5 Å². The molecule has 132 valence electrons. The SMILES string of the molecule is O=[N+]([O-])c1ccc(NN=CC23CC4CC(CC(C4)C2)C3)c([N+](=O)[O-])c1. The minimum atomic E-state index is -0.643. The summed E-state index contributed by atoms with van der Waals surface area (Å²) in [6, 6.07) is 3.55. The number of nitrogens with zero attached hydrogens (tertiary/aromatic N) is 3. The van der Waals surface area contributed by atoms with Crippen LogP contribution in [0.15, 0.2) is 23.3 Å². The number of anilines is 1.